The number of rotatable bonds is 2. The second-order valence-electron chi connectivity index (χ2n) is 4.87. The van der Waals surface area contributed by atoms with Crippen LogP contribution in [0.2, 0.25) is 5.15 Å². The first-order valence-corrected chi connectivity index (χ1v) is 6.34. The van der Waals surface area contributed by atoms with E-state index >= 15 is 0 Å². The Morgan fingerprint density at radius 3 is 2.85 bits per heavy atom. The van der Waals surface area contributed by atoms with Crippen LogP contribution >= 0.6 is 11.6 Å². The summed E-state index contributed by atoms with van der Waals surface area (Å²) in [5.74, 6) is 0. The maximum Gasteiger partial charge on any atom is 0.168 e. The lowest BCUT2D eigenvalue weighted by molar-refractivity contribution is -0.0950. The van der Waals surface area contributed by atoms with Gasteiger partial charge in [-0.25, -0.2) is 15.0 Å². The summed E-state index contributed by atoms with van der Waals surface area (Å²) in [6.07, 6.45) is -0.383. The zero-order chi connectivity index (χ0) is 14.5. The molecule has 3 N–H and O–H groups in total. The number of aromatic nitrogens is 4. The molecule has 1 saturated heterocycles. The van der Waals surface area contributed by atoms with Crippen molar-refractivity contribution in [2.75, 3.05) is 6.61 Å². The van der Waals surface area contributed by atoms with E-state index in [2.05, 4.69) is 15.0 Å². The van der Waals surface area contributed by atoms with Gasteiger partial charge in [0.15, 0.2) is 17.0 Å². The number of nitrogens with zero attached hydrogens (tertiary/aromatic N) is 4. The Labute approximate surface area is 118 Å². The fourth-order valence-corrected chi connectivity index (χ4v) is 2.56. The van der Waals surface area contributed by atoms with Crippen LogP contribution in [0, 0.1) is 0 Å². The first kappa shape index (κ1) is 13.7. The Hall–Kier alpha value is -1.32. The number of aliphatic hydroxyl groups is 3. The predicted octanol–water partition coefficient (Wildman–Crippen LogP) is -0.519. The van der Waals surface area contributed by atoms with Gasteiger partial charge in [-0.15, -0.1) is 0 Å². The van der Waals surface area contributed by atoms with Crippen LogP contribution < -0.4 is 0 Å². The average Bonchev–Trinajstić information content (AvgIpc) is 2.92. The smallest absolute Gasteiger partial charge is 0.168 e. The van der Waals surface area contributed by atoms with Crippen molar-refractivity contribution in [3.63, 3.8) is 0 Å². The molecule has 1 unspecified atom stereocenters. The fraction of sp³-hybridized carbons (Fsp3) is 0.545. The lowest BCUT2D eigenvalue weighted by Gasteiger charge is -2.27. The molecule has 1 fully saturated rings. The molecule has 0 aliphatic carbocycles. The zero-order valence-electron chi connectivity index (χ0n) is 10.5. The van der Waals surface area contributed by atoms with Gasteiger partial charge in [0.25, 0.3) is 0 Å². The molecule has 0 amide bonds. The molecule has 1 aliphatic rings. The molecule has 0 aromatic carbocycles. The maximum atomic E-state index is 10.4. The van der Waals surface area contributed by atoms with Crippen LogP contribution in [0.4, 0.5) is 0 Å². The fourth-order valence-electron chi connectivity index (χ4n) is 2.39. The van der Waals surface area contributed by atoms with E-state index in [1.807, 2.05) is 0 Å². The molecule has 1 aliphatic heterocycles. The monoisotopic (exact) mass is 300 g/mol. The minimum Gasteiger partial charge on any atom is -0.394 e. The largest absolute Gasteiger partial charge is 0.394 e. The van der Waals surface area contributed by atoms with Gasteiger partial charge in [0.05, 0.1) is 12.9 Å². The molecule has 8 nitrogen and oxygen atoms in total. The molecule has 0 radical (unpaired) electrons. The summed E-state index contributed by atoms with van der Waals surface area (Å²) in [5, 5.41) is 29.8. The maximum absolute atomic E-state index is 10.4. The molecule has 108 valence electrons. The molecule has 0 spiro atoms. The van der Waals surface area contributed by atoms with Crippen LogP contribution in [0.3, 0.4) is 0 Å². The van der Waals surface area contributed by atoms with Crippen molar-refractivity contribution in [2.45, 2.75) is 31.0 Å². The minimum absolute atomic E-state index is 0.186. The Morgan fingerprint density at radius 2 is 2.20 bits per heavy atom. The lowest BCUT2D eigenvalue weighted by Crippen LogP contribution is -2.44. The van der Waals surface area contributed by atoms with Gasteiger partial charge in [0, 0.05) is 0 Å². The summed E-state index contributed by atoms with van der Waals surface area (Å²) in [6.45, 7) is 1.02. The van der Waals surface area contributed by atoms with Gasteiger partial charge in [0.2, 0.25) is 0 Å². The lowest BCUT2D eigenvalue weighted by atomic mass is 9.96. The molecule has 4 atom stereocenters. The third kappa shape index (κ3) is 1.80. The van der Waals surface area contributed by atoms with Gasteiger partial charge >= 0.3 is 0 Å². The normalized spacial score (nSPS) is 34.0. The third-order valence-electron chi connectivity index (χ3n) is 3.50. The van der Waals surface area contributed by atoms with Crippen molar-refractivity contribution in [3.8, 4) is 0 Å². The van der Waals surface area contributed by atoms with Crippen molar-refractivity contribution in [3.05, 3.63) is 17.8 Å². The van der Waals surface area contributed by atoms with Crippen LogP contribution in [-0.2, 0) is 4.74 Å². The second-order valence-corrected chi connectivity index (χ2v) is 5.23. The minimum atomic E-state index is -1.60. The van der Waals surface area contributed by atoms with Gasteiger partial charge in [0.1, 0.15) is 29.7 Å². The molecule has 0 bridgehead atoms. The number of hydrogen-bond acceptors (Lipinski definition) is 7. The summed E-state index contributed by atoms with van der Waals surface area (Å²) >= 11 is 5.91. The molecule has 3 rings (SSSR count). The molecular weight excluding hydrogens is 288 g/mol. The Bertz CT molecular complexity index is 646. The van der Waals surface area contributed by atoms with Gasteiger partial charge in [-0.1, -0.05) is 11.6 Å². The van der Waals surface area contributed by atoms with Crippen LogP contribution in [-0.4, -0.2) is 59.3 Å². The van der Waals surface area contributed by atoms with Gasteiger partial charge in [-0.2, -0.15) is 0 Å². The second kappa shape index (κ2) is 4.61. The van der Waals surface area contributed by atoms with Crippen LogP contribution in [0.5, 0.6) is 0 Å². The molecular formula is C11H13ClN4O4. The van der Waals surface area contributed by atoms with Crippen molar-refractivity contribution in [2.24, 2.45) is 0 Å². The van der Waals surface area contributed by atoms with Crippen molar-refractivity contribution in [1.82, 2.24) is 19.5 Å². The number of fused-ring (bicyclic) bond motifs is 1. The molecule has 2 aromatic heterocycles. The number of aliphatic hydroxyl groups excluding tert-OH is 2. The zero-order valence-corrected chi connectivity index (χ0v) is 11.3. The van der Waals surface area contributed by atoms with Crippen molar-refractivity contribution in [1.29, 1.82) is 0 Å². The molecule has 3 heterocycles. The van der Waals surface area contributed by atoms with E-state index in [9.17, 15) is 15.3 Å². The van der Waals surface area contributed by atoms with Gasteiger partial charge < -0.3 is 20.1 Å². The number of imidazole rings is 1. The average molecular weight is 301 g/mol. The highest BCUT2D eigenvalue weighted by atomic mass is 35.5. The highest BCUT2D eigenvalue weighted by molar-refractivity contribution is 6.33. The standard InChI is InChI=1S/C11H13ClN4O4/c1-11(19)7(18)5(2-17)20-10(11)16-4-15-6-8(12)13-3-14-9(6)16/h3-5,7,10,17-19H,2H2,1H3/t5-,7+,10-,11?/m1/s1. The molecule has 9 heteroatoms. The Balaban J connectivity index is 2.10. The number of hydrogen-bond donors (Lipinski definition) is 3. The number of ether oxygens (including phenoxy) is 1. The summed E-state index contributed by atoms with van der Waals surface area (Å²) in [7, 11) is 0. The van der Waals surface area contributed by atoms with Crippen LogP contribution in [0.15, 0.2) is 12.7 Å². The SMILES string of the molecule is CC1(O)[C@@H](O)[C@@H](CO)O[C@H]1n1cnc2c(Cl)ncnc21. The summed E-state index contributed by atoms with van der Waals surface area (Å²) < 4.78 is 6.96. The van der Waals surface area contributed by atoms with E-state index in [1.54, 1.807) is 0 Å². The predicted molar refractivity (Wildman–Crippen MR) is 68.0 cm³/mol. The first-order valence-electron chi connectivity index (χ1n) is 5.96. The van der Waals surface area contributed by atoms with E-state index in [0.717, 1.165) is 0 Å². The van der Waals surface area contributed by atoms with E-state index in [1.165, 1.54) is 24.1 Å². The summed E-state index contributed by atoms with van der Waals surface area (Å²) in [4.78, 5) is 11.9. The first-order chi connectivity index (χ1) is 9.46. The Morgan fingerprint density at radius 1 is 1.45 bits per heavy atom. The quantitative estimate of drug-likeness (QED) is 0.640. The van der Waals surface area contributed by atoms with Gasteiger partial charge in [-0.3, -0.25) is 4.57 Å². The van der Waals surface area contributed by atoms with Crippen LogP contribution in [0.1, 0.15) is 13.2 Å². The molecule has 20 heavy (non-hydrogen) atoms. The van der Waals surface area contributed by atoms with E-state index in [4.69, 9.17) is 16.3 Å². The molecule has 2 aromatic rings. The third-order valence-corrected chi connectivity index (χ3v) is 3.78. The van der Waals surface area contributed by atoms with Crippen molar-refractivity contribution >= 4 is 22.8 Å². The highest BCUT2D eigenvalue weighted by Gasteiger charge is 2.53. The Kier molecular flexibility index (Phi) is 3.14. The summed E-state index contributed by atoms with van der Waals surface area (Å²) in [6, 6.07) is 0. The van der Waals surface area contributed by atoms with E-state index in [0.29, 0.717) is 11.2 Å². The van der Waals surface area contributed by atoms with E-state index in [-0.39, 0.29) is 5.15 Å². The van der Waals surface area contributed by atoms with Crippen LogP contribution in [0.25, 0.3) is 11.2 Å². The molecule has 0 saturated carbocycles. The highest BCUT2D eigenvalue weighted by Crippen LogP contribution is 2.39. The van der Waals surface area contributed by atoms with Gasteiger partial charge in [-0.05, 0) is 6.92 Å². The summed E-state index contributed by atoms with van der Waals surface area (Å²) in [5.41, 5.74) is -0.852. The topological polar surface area (TPSA) is 114 Å². The number of halogens is 1. The van der Waals surface area contributed by atoms with Crippen molar-refractivity contribution < 1.29 is 20.1 Å². The van der Waals surface area contributed by atoms with E-state index < -0.39 is 30.6 Å².